The lowest BCUT2D eigenvalue weighted by Gasteiger charge is -2.10. The molecule has 0 amide bonds. The highest BCUT2D eigenvalue weighted by atomic mass is 28.2. The predicted octanol–water partition coefficient (Wildman–Crippen LogP) is -2.49. The molecule has 0 bridgehead atoms. The van der Waals surface area contributed by atoms with Crippen LogP contribution in [-0.2, 0) is 13.6 Å². The lowest BCUT2D eigenvalue weighted by atomic mass is 11.3. The van der Waals surface area contributed by atoms with Gasteiger partial charge < -0.3 is 13.6 Å². The molecule has 0 aliphatic rings. The fraction of sp³-hybridized carbons (Fsp3) is 1.00. The third kappa shape index (κ3) is 2.95. The summed E-state index contributed by atoms with van der Waals surface area (Å²) in [7, 11) is 2.88. The maximum atomic E-state index is 4.78. The Labute approximate surface area is 49.0 Å². The van der Waals surface area contributed by atoms with Crippen molar-refractivity contribution in [3.8, 4) is 0 Å². The standard InChI is InChI=1S/C2H10O3Si2/c1-3-2(4-6)5-7/h2H,1,6-7H3. The first-order valence-electron chi connectivity index (χ1n) is 1.93. The molecule has 0 aliphatic heterocycles. The van der Waals surface area contributed by atoms with E-state index in [0.29, 0.717) is 21.0 Å². The van der Waals surface area contributed by atoms with E-state index in [4.69, 9.17) is 8.85 Å². The molecule has 3 nitrogen and oxygen atoms in total. The van der Waals surface area contributed by atoms with Gasteiger partial charge in [0.2, 0.25) is 0 Å². The average Bonchev–Trinajstić information content (AvgIpc) is 1.72. The molecule has 0 aliphatic carbocycles. The fourth-order valence-corrected chi connectivity index (χ4v) is 1.44. The van der Waals surface area contributed by atoms with Gasteiger partial charge in [0.25, 0.3) is 6.48 Å². The molecule has 44 valence electrons. The van der Waals surface area contributed by atoms with Crippen LogP contribution in [0.4, 0.5) is 0 Å². The van der Waals surface area contributed by atoms with Crippen molar-refractivity contribution in [2.24, 2.45) is 0 Å². The fourth-order valence-electron chi connectivity index (χ4n) is 0.289. The molecule has 0 unspecified atom stereocenters. The van der Waals surface area contributed by atoms with Crippen LogP contribution in [0.15, 0.2) is 0 Å². The van der Waals surface area contributed by atoms with Crippen LogP contribution in [0.5, 0.6) is 0 Å². The Bertz CT molecular complexity index is 32.4. The zero-order chi connectivity index (χ0) is 5.70. The molecule has 0 radical (unpaired) electrons. The van der Waals surface area contributed by atoms with Crippen molar-refractivity contribution < 1.29 is 13.6 Å². The SMILES string of the molecule is COC(O[SiH3])O[SiH3]. The molecule has 0 aromatic rings. The van der Waals surface area contributed by atoms with Crippen molar-refractivity contribution in [1.82, 2.24) is 0 Å². The Balaban J connectivity index is 2.99. The van der Waals surface area contributed by atoms with Crippen molar-refractivity contribution >= 4 is 21.0 Å². The molecular formula is C2H10O3Si2. The predicted molar refractivity (Wildman–Crippen MR) is 32.8 cm³/mol. The molecule has 0 fully saturated rings. The summed E-state index contributed by atoms with van der Waals surface area (Å²) < 4.78 is 14.2. The zero-order valence-corrected chi connectivity index (χ0v) is 8.80. The van der Waals surface area contributed by atoms with Gasteiger partial charge in [-0.2, -0.15) is 0 Å². The third-order valence-electron chi connectivity index (χ3n) is 0.577. The normalized spacial score (nSPS) is 15.0. The van der Waals surface area contributed by atoms with Gasteiger partial charge in [0, 0.05) is 7.11 Å². The smallest absolute Gasteiger partial charge is 0.250 e. The summed E-state index contributed by atoms with van der Waals surface area (Å²) in [5.41, 5.74) is 0. The first kappa shape index (κ1) is 7.31. The van der Waals surface area contributed by atoms with Gasteiger partial charge in [0.1, 0.15) is 0 Å². The minimum atomic E-state index is -0.390. The van der Waals surface area contributed by atoms with E-state index in [0.717, 1.165) is 0 Å². The van der Waals surface area contributed by atoms with Crippen LogP contribution in [-0.4, -0.2) is 34.6 Å². The molecule has 5 heteroatoms. The summed E-state index contributed by atoms with van der Waals surface area (Å²) in [5.74, 6) is 0. The summed E-state index contributed by atoms with van der Waals surface area (Å²) in [5, 5.41) is 0. The Morgan fingerprint density at radius 1 is 1.29 bits per heavy atom. The van der Waals surface area contributed by atoms with Gasteiger partial charge in [-0.3, -0.25) is 0 Å². The number of hydrogen-bond acceptors (Lipinski definition) is 3. The summed E-state index contributed by atoms with van der Waals surface area (Å²) in [6.45, 7) is -0.390. The summed E-state index contributed by atoms with van der Waals surface area (Å²) in [4.78, 5) is 0. The number of methoxy groups -OCH3 is 1. The lowest BCUT2D eigenvalue weighted by Crippen LogP contribution is -2.15. The van der Waals surface area contributed by atoms with Gasteiger partial charge in [0.15, 0.2) is 21.0 Å². The second-order valence-electron chi connectivity index (χ2n) is 0.996. The minimum Gasteiger partial charge on any atom is -0.383 e. The number of ether oxygens (including phenoxy) is 1. The van der Waals surface area contributed by atoms with E-state index in [1.807, 2.05) is 0 Å². The Morgan fingerprint density at radius 2 is 1.71 bits per heavy atom. The average molecular weight is 138 g/mol. The monoisotopic (exact) mass is 138 g/mol. The van der Waals surface area contributed by atoms with Crippen molar-refractivity contribution in [2.45, 2.75) is 6.48 Å². The van der Waals surface area contributed by atoms with Crippen molar-refractivity contribution in [2.75, 3.05) is 7.11 Å². The van der Waals surface area contributed by atoms with Gasteiger partial charge in [-0.15, -0.1) is 0 Å². The number of rotatable bonds is 3. The van der Waals surface area contributed by atoms with Crippen molar-refractivity contribution in [1.29, 1.82) is 0 Å². The summed E-state index contributed by atoms with van der Waals surface area (Å²) >= 11 is 0. The van der Waals surface area contributed by atoms with Crippen LogP contribution >= 0.6 is 0 Å². The lowest BCUT2D eigenvalue weighted by molar-refractivity contribution is -0.178. The molecule has 0 saturated heterocycles. The Morgan fingerprint density at radius 3 is 1.71 bits per heavy atom. The van der Waals surface area contributed by atoms with Gasteiger partial charge >= 0.3 is 0 Å². The van der Waals surface area contributed by atoms with E-state index in [9.17, 15) is 0 Å². The molecule has 0 heterocycles. The van der Waals surface area contributed by atoms with Crippen LogP contribution in [0, 0.1) is 0 Å². The van der Waals surface area contributed by atoms with Crippen molar-refractivity contribution in [3.63, 3.8) is 0 Å². The van der Waals surface area contributed by atoms with E-state index in [1.165, 1.54) is 0 Å². The van der Waals surface area contributed by atoms with E-state index < -0.39 is 6.48 Å². The van der Waals surface area contributed by atoms with Crippen LogP contribution < -0.4 is 0 Å². The zero-order valence-electron chi connectivity index (χ0n) is 4.80. The van der Waals surface area contributed by atoms with Gasteiger partial charge in [-0.05, 0) is 0 Å². The molecule has 0 saturated carbocycles. The van der Waals surface area contributed by atoms with Crippen molar-refractivity contribution in [3.05, 3.63) is 0 Å². The van der Waals surface area contributed by atoms with E-state index in [-0.39, 0.29) is 0 Å². The van der Waals surface area contributed by atoms with Crippen LogP contribution in [0.3, 0.4) is 0 Å². The van der Waals surface area contributed by atoms with Gasteiger partial charge in [0.05, 0.1) is 0 Å². The molecule has 0 aromatic carbocycles. The molecule has 0 rings (SSSR count). The molecule has 7 heavy (non-hydrogen) atoms. The third-order valence-corrected chi connectivity index (χ3v) is 1.35. The highest BCUT2D eigenvalue weighted by Crippen LogP contribution is 1.85. The van der Waals surface area contributed by atoms with E-state index in [1.54, 1.807) is 7.11 Å². The summed E-state index contributed by atoms with van der Waals surface area (Å²) in [6.07, 6.45) is 0. The Hall–Kier alpha value is 0.314. The van der Waals surface area contributed by atoms with Crippen LogP contribution in [0.25, 0.3) is 0 Å². The molecular weight excluding hydrogens is 128 g/mol. The van der Waals surface area contributed by atoms with Gasteiger partial charge in [-0.25, -0.2) is 0 Å². The van der Waals surface area contributed by atoms with Gasteiger partial charge in [-0.1, -0.05) is 0 Å². The Kier molecular flexibility index (Phi) is 4.67. The second-order valence-corrected chi connectivity index (χ2v) is 1.94. The van der Waals surface area contributed by atoms with E-state index in [2.05, 4.69) is 4.74 Å². The second kappa shape index (κ2) is 4.47. The molecule has 0 N–H and O–H groups in total. The van der Waals surface area contributed by atoms with E-state index >= 15 is 0 Å². The highest BCUT2D eigenvalue weighted by molar-refractivity contribution is 5.99. The maximum Gasteiger partial charge on any atom is 0.250 e. The van der Waals surface area contributed by atoms with Crippen LogP contribution in [0.2, 0.25) is 0 Å². The first-order valence-corrected chi connectivity index (χ1v) is 3.56. The largest absolute Gasteiger partial charge is 0.383 e. The first-order chi connectivity index (χ1) is 3.35. The molecule has 0 aromatic heterocycles. The van der Waals surface area contributed by atoms with Crippen LogP contribution in [0.1, 0.15) is 0 Å². The maximum absolute atomic E-state index is 4.78. The topological polar surface area (TPSA) is 27.7 Å². The quantitative estimate of drug-likeness (QED) is 0.319. The highest BCUT2D eigenvalue weighted by Gasteiger charge is 1.95. The molecule has 0 atom stereocenters. The number of hydrogen-bond donors (Lipinski definition) is 0. The molecule has 0 spiro atoms. The summed E-state index contributed by atoms with van der Waals surface area (Å²) in [6, 6.07) is 0. The minimum absolute atomic E-state index is 0.390.